The molecule has 0 aliphatic carbocycles. The Morgan fingerprint density at radius 1 is 1.16 bits per heavy atom. The summed E-state index contributed by atoms with van der Waals surface area (Å²) in [6.07, 6.45) is 1.49. The molecule has 2 aromatic carbocycles. The lowest BCUT2D eigenvalue weighted by Crippen LogP contribution is -2.14. The number of imidazole rings is 1. The fourth-order valence-corrected chi connectivity index (χ4v) is 2.88. The maximum absolute atomic E-state index is 13.9. The lowest BCUT2D eigenvalue weighted by molar-refractivity contribution is 0.601. The van der Waals surface area contributed by atoms with Gasteiger partial charge in [0.25, 0.3) is 5.56 Å². The fraction of sp³-hybridized carbons (Fsp3) is 0.0556. The van der Waals surface area contributed by atoms with E-state index in [1.54, 1.807) is 47.0 Å². The number of aromatic amines is 1. The normalized spacial score (nSPS) is 11.1. The van der Waals surface area contributed by atoms with Crippen molar-refractivity contribution in [3.05, 3.63) is 81.6 Å². The van der Waals surface area contributed by atoms with Gasteiger partial charge in [-0.05, 0) is 18.2 Å². The number of H-pyrrole nitrogens is 1. The van der Waals surface area contributed by atoms with Gasteiger partial charge in [0.15, 0.2) is 11.2 Å². The first-order valence-electron chi connectivity index (χ1n) is 7.56. The van der Waals surface area contributed by atoms with Gasteiger partial charge in [-0.15, -0.1) is 0 Å². The van der Waals surface area contributed by atoms with Crippen molar-refractivity contribution in [3.63, 3.8) is 0 Å². The molecule has 5 nitrogen and oxygen atoms in total. The van der Waals surface area contributed by atoms with E-state index in [0.29, 0.717) is 33.1 Å². The molecule has 2 aromatic heterocycles. The average molecular weight is 355 g/mol. The van der Waals surface area contributed by atoms with Crippen molar-refractivity contribution in [1.29, 1.82) is 0 Å². The molecule has 0 spiro atoms. The van der Waals surface area contributed by atoms with Crippen LogP contribution < -0.4 is 5.56 Å². The molecule has 0 aliphatic heterocycles. The summed E-state index contributed by atoms with van der Waals surface area (Å²) in [6, 6.07) is 13.4. The topological polar surface area (TPSA) is 63.6 Å². The van der Waals surface area contributed by atoms with Crippen LogP contribution in [0.5, 0.6) is 0 Å². The molecule has 0 saturated carbocycles. The highest BCUT2D eigenvalue weighted by molar-refractivity contribution is 6.30. The number of aromatic nitrogens is 4. The quantitative estimate of drug-likeness (QED) is 0.611. The Balaban J connectivity index is 1.80. The number of benzene rings is 2. The second-order valence-corrected chi connectivity index (χ2v) is 6.00. The second-order valence-electron chi connectivity index (χ2n) is 5.56. The van der Waals surface area contributed by atoms with Crippen LogP contribution >= 0.6 is 11.6 Å². The Kier molecular flexibility index (Phi) is 3.82. The third-order valence-electron chi connectivity index (χ3n) is 3.88. The van der Waals surface area contributed by atoms with Gasteiger partial charge in [-0.1, -0.05) is 41.9 Å². The van der Waals surface area contributed by atoms with Gasteiger partial charge in [0.05, 0.1) is 12.9 Å². The Bertz CT molecular complexity index is 1140. The lowest BCUT2D eigenvalue weighted by atomic mass is 10.2. The van der Waals surface area contributed by atoms with Crippen molar-refractivity contribution in [3.8, 4) is 11.4 Å². The lowest BCUT2D eigenvalue weighted by Gasteiger charge is -2.06. The van der Waals surface area contributed by atoms with E-state index in [1.807, 2.05) is 0 Å². The zero-order chi connectivity index (χ0) is 17.4. The van der Waals surface area contributed by atoms with E-state index in [0.717, 1.165) is 0 Å². The minimum atomic E-state index is -0.339. The summed E-state index contributed by atoms with van der Waals surface area (Å²) < 4.78 is 15.4. The summed E-state index contributed by atoms with van der Waals surface area (Å²) in [5.41, 5.74) is 1.42. The Morgan fingerprint density at radius 2 is 2.00 bits per heavy atom. The monoisotopic (exact) mass is 354 g/mol. The summed E-state index contributed by atoms with van der Waals surface area (Å²) in [7, 11) is 0. The summed E-state index contributed by atoms with van der Waals surface area (Å²) in [5, 5.41) is 0.547. The largest absolute Gasteiger partial charge is 0.320 e. The fourth-order valence-electron chi connectivity index (χ4n) is 2.69. The number of nitrogens with one attached hydrogen (secondary N) is 1. The van der Waals surface area contributed by atoms with Crippen molar-refractivity contribution >= 4 is 22.8 Å². The molecule has 0 radical (unpaired) electrons. The van der Waals surface area contributed by atoms with Gasteiger partial charge in [0, 0.05) is 16.1 Å². The standard InChI is InChI=1S/C18H12ClFN4O/c19-13-6-3-5-11(8-13)16-22-17-15(18(25)23-16)24(10-21-17)9-12-4-1-2-7-14(12)20/h1-8,10H,9H2,(H,22,23,25). The van der Waals surface area contributed by atoms with E-state index in [-0.39, 0.29) is 17.9 Å². The molecular formula is C18H12ClFN4O. The third kappa shape index (κ3) is 2.92. The van der Waals surface area contributed by atoms with Gasteiger partial charge < -0.3 is 9.55 Å². The van der Waals surface area contributed by atoms with Gasteiger partial charge in [0.1, 0.15) is 11.6 Å². The highest BCUT2D eigenvalue weighted by Crippen LogP contribution is 2.20. The molecule has 4 aromatic rings. The zero-order valence-electron chi connectivity index (χ0n) is 12.9. The van der Waals surface area contributed by atoms with Crippen LogP contribution in [0, 0.1) is 5.82 Å². The first-order valence-corrected chi connectivity index (χ1v) is 7.94. The maximum atomic E-state index is 13.9. The number of fused-ring (bicyclic) bond motifs is 1. The molecule has 0 unspecified atom stereocenters. The summed E-state index contributed by atoms with van der Waals surface area (Å²) in [5.74, 6) is 0.0560. The number of hydrogen-bond acceptors (Lipinski definition) is 3. The zero-order valence-corrected chi connectivity index (χ0v) is 13.7. The van der Waals surface area contributed by atoms with Gasteiger partial charge in [0.2, 0.25) is 0 Å². The summed E-state index contributed by atoms with van der Waals surface area (Å²) in [6.45, 7) is 0.199. The maximum Gasteiger partial charge on any atom is 0.277 e. The molecule has 1 N–H and O–H groups in total. The highest BCUT2D eigenvalue weighted by Gasteiger charge is 2.13. The molecule has 0 saturated heterocycles. The van der Waals surface area contributed by atoms with Crippen LogP contribution in [0.4, 0.5) is 4.39 Å². The predicted molar refractivity (Wildman–Crippen MR) is 94.1 cm³/mol. The first-order chi connectivity index (χ1) is 12.1. The third-order valence-corrected chi connectivity index (χ3v) is 4.11. The molecule has 0 amide bonds. The van der Waals surface area contributed by atoms with Crippen LogP contribution in [0.1, 0.15) is 5.56 Å². The molecule has 2 heterocycles. The Morgan fingerprint density at radius 3 is 2.80 bits per heavy atom. The van der Waals surface area contributed by atoms with Gasteiger partial charge in [-0.25, -0.2) is 14.4 Å². The van der Waals surface area contributed by atoms with E-state index in [2.05, 4.69) is 15.0 Å². The summed E-state index contributed by atoms with van der Waals surface area (Å²) >= 11 is 5.99. The first kappa shape index (κ1) is 15.5. The van der Waals surface area contributed by atoms with Crippen molar-refractivity contribution in [2.75, 3.05) is 0 Å². The van der Waals surface area contributed by atoms with E-state index in [4.69, 9.17) is 11.6 Å². The molecule has 7 heteroatoms. The number of nitrogens with zero attached hydrogens (tertiary/aromatic N) is 3. The molecule has 0 fully saturated rings. The summed E-state index contributed by atoms with van der Waals surface area (Å²) in [4.78, 5) is 23.9. The molecule has 0 bridgehead atoms. The van der Waals surface area contributed by atoms with Crippen LogP contribution in [-0.2, 0) is 6.54 Å². The van der Waals surface area contributed by atoms with Crippen LogP contribution in [0.15, 0.2) is 59.7 Å². The number of rotatable bonds is 3. The Labute approximate surface area is 146 Å². The van der Waals surface area contributed by atoms with Gasteiger partial charge >= 0.3 is 0 Å². The van der Waals surface area contributed by atoms with Crippen LogP contribution in [-0.4, -0.2) is 19.5 Å². The van der Waals surface area contributed by atoms with Gasteiger partial charge in [-0.2, -0.15) is 0 Å². The van der Waals surface area contributed by atoms with E-state index in [1.165, 1.54) is 12.4 Å². The minimum Gasteiger partial charge on any atom is -0.320 e. The van der Waals surface area contributed by atoms with Crippen LogP contribution in [0.2, 0.25) is 5.02 Å². The van der Waals surface area contributed by atoms with Crippen LogP contribution in [0.3, 0.4) is 0 Å². The minimum absolute atomic E-state index is 0.199. The molecule has 25 heavy (non-hydrogen) atoms. The van der Waals surface area contributed by atoms with E-state index >= 15 is 0 Å². The number of hydrogen-bond donors (Lipinski definition) is 1. The SMILES string of the molecule is O=c1[nH]c(-c2cccc(Cl)c2)nc2ncn(Cc3ccccc3F)c12. The molecule has 4 rings (SSSR count). The highest BCUT2D eigenvalue weighted by atomic mass is 35.5. The van der Waals surface area contributed by atoms with E-state index in [9.17, 15) is 9.18 Å². The van der Waals surface area contributed by atoms with Crippen molar-refractivity contribution in [2.24, 2.45) is 0 Å². The smallest absolute Gasteiger partial charge is 0.277 e. The average Bonchev–Trinajstić information content (AvgIpc) is 3.00. The molecular weight excluding hydrogens is 343 g/mol. The van der Waals surface area contributed by atoms with Gasteiger partial charge in [-0.3, -0.25) is 4.79 Å². The molecule has 124 valence electrons. The van der Waals surface area contributed by atoms with Crippen molar-refractivity contribution in [1.82, 2.24) is 19.5 Å². The van der Waals surface area contributed by atoms with Crippen molar-refractivity contribution < 1.29 is 4.39 Å². The van der Waals surface area contributed by atoms with Crippen LogP contribution in [0.25, 0.3) is 22.6 Å². The number of halogens is 2. The molecule has 0 atom stereocenters. The predicted octanol–water partition coefficient (Wildman–Crippen LogP) is 3.63. The molecule has 0 aliphatic rings. The van der Waals surface area contributed by atoms with Crippen molar-refractivity contribution in [2.45, 2.75) is 6.54 Å². The second kappa shape index (κ2) is 6.14. The Hall–Kier alpha value is -2.99. The van der Waals surface area contributed by atoms with E-state index < -0.39 is 0 Å².